The lowest BCUT2D eigenvalue weighted by Crippen LogP contribution is -2.31. The van der Waals surface area contributed by atoms with Crippen LogP contribution in [0.4, 0.5) is 0 Å². The maximum atomic E-state index is 12.0. The summed E-state index contributed by atoms with van der Waals surface area (Å²) in [6.07, 6.45) is 3.43. The number of hydrogen-bond acceptors (Lipinski definition) is 4. The SMILES string of the molecule is COc1ccc(CCNC(=O)C2CCC(N)C2)cc1OC. The molecule has 116 valence electrons. The van der Waals surface area contributed by atoms with Gasteiger partial charge < -0.3 is 20.5 Å². The van der Waals surface area contributed by atoms with Crippen LogP contribution in [-0.2, 0) is 11.2 Å². The van der Waals surface area contributed by atoms with Crippen LogP contribution in [0.1, 0.15) is 24.8 Å². The number of nitrogens with one attached hydrogen (secondary N) is 1. The van der Waals surface area contributed by atoms with E-state index in [1.807, 2.05) is 18.2 Å². The third-order valence-corrected chi connectivity index (χ3v) is 4.00. The fraction of sp³-hybridized carbons (Fsp3) is 0.562. The smallest absolute Gasteiger partial charge is 0.223 e. The summed E-state index contributed by atoms with van der Waals surface area (Å²) in [4.78, 5) is 12.0. The van der Waals surface area contributed by atoms with E-state index in [2.05, 4.69) is 5.32 Å². The Morgan fingerprint density at radius 2 is 2.05 bits per heavy atom. The lowest BCUT2D eigenvalue weighted by Gasteiger charge is -2.12. The third-order valence-electron chi connectivity index (χ3n) is 4.00. The standard InChI is InChI=1S/C16H24N2O3/c1-20-14-6-3-11(9-15(14)21-2)7-8-18-16(19)12-4-5-13(17)10-12/h3,6,9,12-13H,4-5,7-8,10,17H2,1-2H3,(H,18,19). The van der Waals surface area contributed by atoms with E-state index in [0.29, 0.717) is 18.0 Å². The minimum Gasteiger partial charge on any atom is -0.493 e. The Hall–Kier alpha value is -1.75. The summed E-state index contributed by atoms with van der Waals surface area (Å²) in [7, 11) is 3.23. The van der Waals surface area contributed by atoms with Gasteiger partial charge in [0.25, 0.3) is 0 Å². The van der Waals surface area contributed by atoms with Gasteiger partial charge in [0.05, 0.1) is 14.2 Å². The van der Waals surface area contributed by atoms with Gasteiger partial charge in [0, 0.05) is 18.5 Å². The maximum absolute atomic E-state index is 12.0. The molecule has 0 aromatic heterocycles. The minimum absolute atomic E-state index is 0.0883. The van der Waals surface area contributed by atoms with Crippen molar-refractivity contribution in [1.82, 2.24) is 5.32 Å². The molecule has 0 heterocycles. The van der Waals surface area contributed by atoms with Crippen molar-refractivity contribution < 1.29 is 14.3 Å². The van der Waals surface area contributed by atoms with E-state index in [1.54, 1.807) is 14.2 Å². The first kappa shape index (κ1) is 15.6. The zero-order chi connectivity index (χ0) is 15.2. The highest BCUT2D eigenvalue weighted by atomic mass is 16.5. The summed E-state index contributed by atoms with van der Waals surface area (Å²) >= 11 is 0. The monoisotopic (exact) mass is 292 g/mol. The van der Waals surface area contributed by atoms with E-state index in [0.717, 1.165) is 31.2 Å². The highest BCUT2D eigenvalue weighted by molar-refractivity contribution is 5.79. The molecule has 3 N–H and O–H groups in total. The fourth-order valence-electron chi connectivity index (χ4n) is 2.77. The van der Waals surface area contributed by atoms with Gasteiger partial charge in [-0.15, -0.1) is 0 Å². The van der Waals surface area contributed by atoms with Crippen LogP contribution in [0, 0.1) is 5.92 Å². The molecule has 0 aliphatic heterocycles. The van der Waals surface area contributed by atoms with Crippen molar-refractivity contribution in [3.63, 3.8) is 0 Å². The Labute approximate surface area is 125 Å². The predicted octanol–water partition coefficient (Wildman–Crippen LogP) is 1.49. The molecule has 21 heavy (non-hydrogen) atoms. The Kier molecular flexibility index (Phi) is 5.44. The molecule has 1 aliphatic carbocycles. The van der Waals surface area contributed by atoms with Crippen LogP contribution in [-0.4, -0.2) is 32.7 Å². The van der Waals surface area contributed by atoms with Crippen molar-refractivity contribution >= 4 is 5.91 Å². The van der Waals surface area contributed by atoms with Gasteiger partial charge in [0.2, 0.25) is 5.91 Å². The van der Waals surface area contributed by atoms with E-state index in [4.69, 9.17) is 15.2 Å². The summed E-state index contributed by atoms with van der Waals surface area (Å²) in [5, 5.41) is 2.99. The van der Waals surface area contributed by atoms with Crippen molar-refractivity contribution in [2.75, 3.05) is 20.8 Å². The van der Waals surface area contributed by atoms with E-state index in [-0.39, 0.29) is 17.9 Å². The number of benzene rings is 1. The third kappa shape index (κ3) is 4.11. The molecule has 1 saturated carbocycles. The van der Waals surface area contributed by atoms with Gasteiger partial charge in [-0.1, -0.05) is 6.07 Å². The van der Waals surface area contributed by atoms with Crippen LogP contribution in [0.15, 0.2) is 18.2 Å². The first-order valence-corrected chi connectivity index (χ1v) is 7.38. The second-order valence-corrected chi connectivity index (χ2v) is 5.50. The largest absolute Gasteiger partial charge is 0.493 e. The molecule has 5 nitrogen and oxygen atoms in total. The minimum atomic E-state index is 0.0883. The van der Waals surface area contributed by atoms with Crippen LogP contribution in [0.25, 0.3) is 0 Å². The van der Waals surface area contributed by atoms with Gasteiger partial charge in [0.1, 0.15) is 0 Å². The second-order valence-electron chi connectivity index (χ2n) is 5.50. The molecule has 1 aromatic rings. The topological polar surface area (TPSA) is 73.6 Å². The molecule has 1 amide bonds. The first-order chi connectivity index (χ1) is 10.1. The number of carbonyl (C=O) groups excluding carboxylic acids is 1. The number of methoxy groups -OCH3 is 2. The Bertz CT molecular complexity index is 490. The number of rotatable bonds is 6. The normalized spacial score (nSPS) is 21.1. The number of nitrogens with two attached hydrogens (primary N) is 1. The van der Waals surface area contributed by atoms with Gasteiger partial charge in [0.15, 0.2) is 11.5 Å². The molecule has 1 aliphatic rings. The fourth-order valence-corrected chi connectivity index (χ4v) is 2.77. The first-order valence-electron chi connectivity index (χ1n) is 7.38. The van der Waals surface area contributed by atoms with Gasteiger partial charge in [-0.25, -0.2) is 0 Å². The lowest BCUT2D eigenvalue weighted by molar-refractivity contribution is -0.124. The van der Waals surface area contributed by atoms with Crippen molar-refractivity contribution in [1.29, 1.82) is 0 Å². The van der Waals surface area contributed by atoms with E-state index < -0.39 is 0 Å². The Balaban J connectivity index is 1.82. The number of hydrogen-bond donors (Lipinski definition) is 2. The van der Waals surface area contributed by atoms with E-state index in [9.17, 15) is 4.79 Å². The molecule has 1 fully saturated rings. The maximum Gasteiger partial charge on any atom is 0.223 e. The molecule has 5 heteroatoms. The number of amides is 1. The molecule has 0 spiro atoms. The van der Waals surface area contributed by atoms with Crippen molar-refractivity contribution in [3.05, 3.63) is 23.8 Å². The molecule has 2 atom stereocenters. The zero-order valence-corrected chi connectivity index (χ0v) is 12.7. The molecule has 0 radical (unpaired) electrons. The van der Waals surface area contributed by atoms with Crippen LogP contribution in [0.5, 0.6) is 11.5 Å². The van der Waals surface area contributed by atoms with E-state index >= 15 is 0 Å². The average molecular weight is 292 g/mol. The molecule has 2 unspecified atom stereocenters. The average Bonchev–Trinajstić information content (AvgIpc) is 2.93. The van der Waals surface area contributed by atoms with Crippen LogP contribution in [0.3, 0.4) is 0 Å². The lowest BCUT2D eigenvalue weighted by atomic mass is 10.1. The summed E-state index contributed by atoms with van der Waals surface area (Å²) in [6.45, 7) is 0.625. The second kappa shape index (κ2) is 7.31. The van der Waals surface area contributed by atoms with Crippen molar-refractivity contribution in [2.45, 2.75) is 31.7 Å². The van der Waals surface area contributed by atoms with Crippen LogP contribution >= 0.6 is 0 Å². The highest BCUT2D eigenvalue weighted by Crippen LogP contribution is 2.27. The molecular formula is C16H24N2O3. The van der Waals surface area contributed by atoms with E-state index in [1.165, 1.54) is 0 Å². The summed E-state index contributed by atoms with van der Waals surface area (Å²) in [5.74, 6) is 1.64. The molecule has 1 aromatic carbocycles. The molecule has 0 saturated heterocycles. The summed E-state index contributed by atoms with van der Waals surface area (Å²) in [6, 6.07) is 5.99. The van der Waals surface area contributed by atoms with Gasteiger partial charge >= 0.3 is 0 Å². The summed E-state index contributed by atoms with van der Waals surface area (Å²) in [5.41, 5.74) is 6.94. The van der Waals surface area contributed by atoms with Crippen LogP contribution in [0.2, 0.25) is 0 Å². The predicted molar refractivity (Wildman–Crippen MR) is 81.6 cm³/mol. The highest BCUT2D eigenvalue weighted by Gasteiger charge is 2.27. The van der Waals surface area contributed by atoms with Gasteiger partial charge in [-0.2, -0.15) is 0 Å². The number of ether oxygens (including phenoxy) is 2. The van der Waals surface area contributed by atoms with Crippen molar-refractivity contribution in [3.8, 4) is 11.5 Å². The quantitative estimate of drug-likeness (QED) is 0.833. The zero-order valence-electron chi connectivity index (χ0n) is 12.7. The Morgan fingerprint density at radius 1 is 1.29 bits per heavy atom. The van der Waals surface area contributed by atoms with Crippen molar-refractivity contribution in [2.24, 2.45) is 11.7 Å². The molecular weight excluding hydrogens is 268 g/mol. The van der Waals surface area contributed by atoms with Crippen LogP contribution < -0.4 is 20.5 Å². The molecule has 0 bridgehead atoms. The van der Waals surface area contributed by atoms with Gasteiger partial charge in [-0.3, -0.25) is 4.79 Å². The summed E-state index contributed by atoms with van der Waals surface area (Å²) < 4.78 is 10.5. The molecule has 2 rings (SSSR count). The van der Waals surface area contributed by atoms with Gasteiger partial charge in [-0.05, 0) is 43.4 Å². The number of carbonyl (C=O) groups is 1. The Morgan fingerprint density at radius 3 is 2.67 bits per heavy atom.